The second-order valence-corrected chi connectivity index (χ2v) is 11.5. The number of rotatable bonds is 3. The molecule has 3 rings (SSSR count). The standard InChI is InChI=1S/C19H17As/c1-20(17-11-5-2-6-12-17,18-13-7-3-8-14-18)19-15-9-4-10-16-19/h2-16H,1H2. The van der Waals surface area contributed by atoms with Crippen molar-refractivity contribution in [2.24, 2.45) is 0 Å². The Morgan fingerprint density at radius 1 is 0.450 bits per heavy atom. The summed E-state index contributed by atoms with van der Waals surface area (Å²) in [6.07, 6.45) is 0. The summed E-state index contributed by atoms with van der Waals surface area (Å²) in [5, 5.41) is 4.75. The topological polar surface area (TPSA) is 0 Å². The summed E-state index contributed by atoms with van der Waals surface area (Å²) in [7, 11) is 0. The van der Waals surface area contributed by atoms with Crippen molar-refractivity contribution in [2.75, 3.05) is 0 Å². The molecule has 0 nitrogen and oxygen atoms in total. The Hall–Kier alpha value is -1.91. The molecule has 0 amide bonds. The third kappa shape index (κ3) is 2.28. The third-order valence-electron chi connectivity index (χ3n) is 3.59. The molecule has 0 aliphatic heterocycles. The van der Waals surface area contributed by atoms with Gasteiger partial charge in [0.1, 0.15) is 0 Å². The third-order valence-corrected chi connectivity index (χ3v) is 11.0. The van der Waals surface area contributed by atoms with Crippen molar-refractivity contribution in [3.05, 3.63) is 91.0 Å². The molecular formula is C19H17As. The first-order valence-electron chi connectivity index (χ1n) is 6.72. The molecule has 0 fully saturated rings. The molecule has 0 N–H and O–H groups in total. The van der Waals surface area contributed by atoms with Crippen LogP contribution in [0.2, 0.25) is 0 Å². The fraction of sp³-hybridized carbons (Fsp3) is 0. The Labute approximate surface area is 122 Å². The van der Waals surface area contributed by atoms with Crippen LogP contribution in [0.25, 0.3) is 0 Å². The molecule has 1 heteroatoms. The number of hydrogen-bond acceptors (Lipinski definition) is 0. The second kappa shape index (κ2) is 5.61. The molecule has 98 valence electrons. The average Bonchev–Trinajstić information content (AvgIpc) is 2.56. The van der Waals surface area contributed by atoms with E-state index in [1.165, 1.54) is 13.1 Å². The molecule has 0 aliphatic rings. The van der Waals surface area contributed by atoms with E-state index < -0.39 is 13.1 Å². The zero-order valence-corrected chi connectivity index (χ0v) is 13.2. The van der Waals surface area contributed by atoms with E-state index in [0.29, 0.717) is 0 Å². The first kappa shape index (κ1) is 13.1. The van der Waals surface area contributed by atoms with Gasteiger partial charge in [0, 0.05) is 0 Å². The number of benzene rings is 3. The van der Waals surface area contributed by atoms with Crippen molar-refractivity contribution in [3.63, 3.8) is 0 Å². The first-order chi connectivity index (χ1) is 9.82. The molecule has 0 saturated carbocycles. The van der Waals surface area contributed by atoms with Crippen LogP contribution in [-0.4, -0.2) is 18.4 Å². The predicted octanol–water partition coefficient (Wildman–Crippen LogP) is 2.17. The first-order valence-corrected chi connectivity index (χ1v) is 10.9. The van der Waals surface area contributed by atoms with E-state index in [0.717, 1.165) is 0 Å². The van der Waals surface area contributed by atoms with Crippen molar-refractivity contribution in [1.82, 2.24) is 0 Å². The molecule has 0 saturated heterocycles. The summed E-state index contributed by atoms with van der Waals surface area (Å²) < 4.78 is 4.13. The normalized spacial score (nSPS) is 11.2. The van der Waals surface area contributed by atoms with E-state index in [2.05, 4.69) is 91.0 Å². The van der Waals surface area contributed by atoms with E-state index in [-0.39, 0.29) is 0 Å². The van der Waals surface area contributed by atoms with Crippen LogP contribution < -0.4 is 13.1 Å². The molecule has 20 heavy (non-hydrogen) atoms. The molecule has 0 aromatic heterocycles. The van der Waals surface area contributed by atoms with Gasteiger partial charge in [-0.25, -0.2) is 0 Å². The van der Waals surface area contributed by atoms with E-state index in [9.17, 15) is 0 Å². The molecule has 0 spiro atoms. The van der Waals surface area contributed by atoms with Crippen LogP contribution >= 0.6 is 0 Å². The van der Waals surface area contributed by atoms with Gasteiger partial charge < -0.3 is 0 Å². The molecule has 0 bridgehead atoms. The van der Waals surface area contributed by atoms with Crippen molar-refractivity contribution >= 4 is 31.5 Å². The van der Waals surface area contributed by atoms with Crippen molar-refractivity contribution in [1.29, 1.82) is 0 Å². The second-order valence-electron chi connectivity index (χ2n) is 4.82. The Balaban J connectivity index is 2.27. The van der Waals surface area contributed by atoms with Gasteiger partial charge in [-0.2, -0.15) is 0 Å². The Bertz CT molecular complexity index is 612. The van der Waals surface area contributed by atoms with Crippen LogP contribution in [-0.2, 0) is 0 Å². The molecule has 0 radical (unpaired) electrons. The van der Waals surface area contributed by atoms with Crippen LogP contribution in [0, 0.1) is 0 Å². The molecule has 3 aromatic carbocycles. The van der Waals surface area contributed by atoms with Crippen LogP contribution in [0.3, 0.4) is 0 Å². The van der Waals surface area contributed by atoms with Crippen LogP contribution in [0.5, 0.6) is 0 Å². The summed E-state index contributed by atoms with van der Waals surface area (Å²) in [6.45, 7) is 0. The molecule has 3 aromatic rings. The van der Waals surface area contributed by atoms with Gasteiger partial charge in [0.25, 0.3) is 0 Å². The van der Waals surface area contributed by atoms with Gasteiger partial charge in [0.2, 0.25) is 0 Å². The van der Waals surface area contributed by atoms with E-state index in [4.69, 9.17) is 5.31 Å². The zero-order chi connectivity index (χ0) is 13.8. The SMILES string of the molecule is C=[As](c1ccccc1)(c1ccccc1)c1ccccc1. The number of hydrogen-bond donors (Lipinski definition) is 0. The monoisotopic (exact) mass is 320 g/mol. The van der Waals surface area contributed by atoms with Gasteiger partial charge in [0.15, 0.2) is 0 Å². The minimum absolute atomic E-state index is 1.38. The minimum atomic E-state index is -2.54. The molecule has 0 aliphatic carbocycles. The molecule has 0 atom stereocenters. The molecule has 0 unspecified atom stereocenters. The van der Waals surface area contributed by atoms with Gasteiger partial charge in [-0.15, -0.1) is 0 Å². The van der Waals surface area contributed by atoms with Gasteiger partial charge in [0.05, 0.1) is 0 Å². The van der Waals surface area contributed by atoms with Crippen LogP contribution in [0.1, 0.15) is 0 Å². The Morgan fingerprint density at radius 3 is 0.950 bits per heavy atom. The average molecular weight is 320 g/mol. The van der Waals surface area contributed by atoms with E-state index in [1.54, 1.807) is 0 Å². The summed E-state index contributed by atoms with van der Waals surface area (Å²) in [5.74, 6) is 0. The summed E-state index contributed by atoms with van der Waals surface area (Å²) >= 11 is -2.54. The van der Waals surface area contributed by atoms with Gasteiger partial charge in [-0.1, -0.05) is 0 Å². The van der Waals surface area contributed by atoms with E-state index in [1.807, 2.05) is 0 Å². The molecule has 0 heterocycles. The van der Waals surface area contributed by atoms with Gasteiger partial charge in [-0.3, -0.25) is 0 Å². The van der Waals surface area contributed by atoms with Crippen LogP contribution in [0.15, 0.2) is 91.0 Å². The summed E-state index contributed by atoms with van der Waals surface area (Å²) in [6, 6.07) is 32.2. The fourth-order valence-corrected chi connectivity index (χ4v) is 8.66. The van der Waals surface area contributed by atoms with Crippen molar-refractivity contribution < 1.29 is 0 Å². The summed E-state index contributed by atoms with van der Waals surface area (Å²) in [4.78, 5) is 0. The van der Waals surface area contributed by atoms with Gasteiger partial charge in [-0.05, 0) is 0 Å². The Kier molecular flexibility index (Phi) is 3.67. The van der Waals surface area contributed by atoms with Gasteiger partial charge >= 0.3 is 122 Å². The maximum absolute atomic E-state index is 4.75. The zero-order valence-electron chi connectivity index (χ0n) is 11.3. The quantitative estimate of drug-likeness (QED) is 0.649. The van der Waals surface area contributed by atoms with E-state index >= 15 is 0 Å². The van der Waals surface area contributed by atoms with Crippen LogP contribution in [0.4, 0.5) is 0 Å². The molecular weight excluding hydrogens is 303 g/mol. The maximum atomic E-state index is 4.75. The fourth-order valence-electron chi connectivity index (χ4n) is 2.49. The Morgan fingerprint density at radius 2 is 0.700 bits per heavy atom. The summed E-state index contributed by atoms with van der Waals surface area (Å²) in [5.41, 5.74) is 0. The predicted molar refractivity (Wildman–Crippen MR) is 91.1 cm³/mol. The van der Waals surface area contributed by atoms with Crippen molar-refractivity contribution in [3.8, 4) is 0 Å². The van der Waals surface area contributed by atoms with Crippen molar-refractivity contribution in [2.45, 2.75) is 0 Å².